The first-order chi connectivity index (χ1) is 8.67. The minimum absolute atomic E-state index is 0.296. The van der Waals surface area contributed by atoms with Crippen molar-refractivity contribution >= 4 is 5.82 Å². The van der Waals surface area contributed by atoms with E-state index in [1.54, 1.807) is 0 Å². The number of pyridine rings is 1. The number of nitrogens with one attached hydrogen (secondary N) is 1. The maximum atomic E-state index is 9.23. The van der Waals surface area contributed by atoms with Gasteiger partial charge in [-0.15, -0.1) is 0 Å². The first-order valence-corrected chi connectivity index (χ1v) is 6.47. The van der Waals surface area contributed by atoms with Crippen LogP contribution in [0, 0.1) is 25.2 Å². The number of aryl methyl sites for hydroxylation is 2. The highest BCUT2D eigenvalue weighted by molar-refractivity contribution is 5.57. The zero-order valence-corrected chi connectivity index (χ0v) is 10.7. The van der Waals surface area contributed by atoms with Crippen LogP contribution in [0.2, 0.25) is 0 Å². The zero-order chi connectivity index (χ0) is 12.7. The fourth-order valence-electron chi connectivity index (χ4n) is 3.05. The van der Waals surface area contributed by atoms with Gasteiger partial charge in [0.25, 0.3) is 0 Å². The van der Waals surface area contributed by atoms with Crippen LogP contribution in [0.5, 0.6) is 0 Å². The maximum absolute atomic E-state index is 9.23. The molecule has 0 spiro atoms. The quantitative estimate of drug-likeness (QED) is 0.866. The molecule has 2 saturated heterocycles. The van der Waals surface area contributed by atoms with Crippen molar-refractivity contribution in [2.24, 2.45) is 0 Å². The van der Waals surface area contributed by atoms with Gasteiger partial charge in [0, 0.05) is 5.69 Å². The minimum Gasteiger partial charge on any atom is -0.373 e. The van der Waals surface area contributed by atoms with Gasteiger partial charge in [-0.25, -0.2) is 4.98 Å². The maximum Gasteiger partial charge on any atom is 0.144 e. The summed E-state index contributed by atoms with van der Waals surface area (Å²) in [5.41, 5.74) is 2.58. The average Bonchev–Trinajstić information content (AvgIpc) is 2.90. The normalized spacial score (nSPS) is 29.3. The first-order valence-electron chi connectivity index (χ1n) is 6.47. The summed E-state index contributed by atoms with van der Waals surface area (Å²) in [7, 11) is 0. The van der Waals surface area contributed by atoms with Crippen molar-refractivity contribution in [3.8, 4) is 6.07 Å². The average molecular weight is 243 g/mol. The monoisotopic (exact) mass is 243 g/mol. The van der Waals surface area contributed by atoms with Gasteiger partial charge in [-0.1, -0.05) is 0 Å². The second kappa shape index (κ2) is 4.25. The van der Waals surface area contributed by atoms with Crippen LogP contribution in [0.15, 0.2) is 6.07 Å². The summed E-state index contributed by atoms with van der Waals surface area (Å²) in [6, 6.07) is 4.50. The molecule has 2 aliphatic rings. The number of nitriles is 1. The van der Waals surface area contributed by atoms with Crippen molar-refractivity contribution in [1.29, 1.82) is 5.26 Å². The Balaban J connectivity index is 1.86. The van der Waals surface area contributed by atoms with E-state index in [2.05, 4.69) is 16.4 Å². The molecule has 0 saturated carbocycles. The van der Waals surface area contributed by atoms with Crippen molar-refractivity contribution in [3.05, 3.63) is 22.9 Å². The number of anilines is 1. The number of fused-ring (bicyclic) bond motifs is 2. The van der Waals surface area contributed by atoms with E-state index in [9.17, 15) is 5.26 Å². The summed E-state index contributed by atoms with van der Waals surface area (Å²) in [6.45, 7) is 3.91. The fourth-order valence-corrected chi connectivity index (χ4v) is 3.05. The Kier molecular flexibility index (Phi) is 2.71. The van der Waals surface area contributed by atoms with Crippen LogP contribution >= 0.6 is 0 Å². The van der Waals surface area contributed by atoms with Gasteiger partial charge in [0.15, 0.2) is 0 Å². The molecule has 2 bridgehead atoms. The van der Waals surface area contributed by atoms with Gasteiger partial charge in [-0.05, 0) is 44.7 Å². The Morgan fingerprint density at radius 3 is 2.89 bits per heavy atom. The molecule has 1 aromatic rings. The summed E-state index contributed by atoms with van der Waals surface area (Å²) < 4.78 is 5.82. The van der Waals surface area contributed by atoms with Crippen LogP contribution < -0.4 is 5.32 Å². The van der Waals surface area contributed by atoms with Gasteiger partial charge in [-0.3, -0.25) is 0 Å². The predicted octanol–water partition coefficient (Wildman–Crippen LogP) is 2.30. The first kappa shape index (κ1) is 11.5. The molecule has 4 nitrogen and oxygen atoms in total. The predicted molar refractivity (Wildman–Crippen MR) is 68.3 cm³/mol. The number of ether oxygens (including phenoxy) is 1. The lowest BCUT2D eigenvalue weighted by molar-refractivity contribution is 0.102. The summed E-state index contributed by atoms with van der Waals surface area (Å²) in [4.78, 5) is 4.46. The summed E-state index contributed by atoms with van der Waals surface area (Å²) >= 11 is 0. The summed E-state index contributed by atoms with van der Waals surface area (Å²) in [5, 5.41) is 12.6. The van der Waals surface area contributed by atoms with Crippen molar-refractivity contribution in [2.45, 2.75) is 51.4 Å². The Morgan fingerprint density at radius 2 is 2.28 bits per heavy atom. The van der Waals surface area contributed by atoms with E-state index >= 15 is 0 Å². The van der Waals surface area contributed by atoms with Crippen molar-refractivity contribution in [1.82, 2.24) is 4.98 Å². The van der Waals surface area contributed by atoms with E-state index in [0.29, 0.717) is 23.8 Å². The highest BCUT2D eigenvalue weighted by Gasteiger charge is 2.41. The van der Waals surface area contributed by atoms with E-state index in [1.165, 1.54) is 6.42 Å². The smallest absolute Gasteiger partial charge is 0.144 e. The van der Waals surface area contributed by atoms with Gasteiger partial charge in [-0.2, -0.15) is 5.26 Å². The molecule has 1 aromatic heterocycles. The number of nitrogens with zero attached hydrogens (tertiary/aromatic N) is 2. The number of rotatable bonds is 2. The molecule has 1 N–H and O–H groups in total. The molecule has 18 heavy (non-hydrogen) atoms. The molecule has 3 atom stereocenters. The van der Waals surface area contributed by atoms with E-state index in [-0.39, 0.29) is 0 Å². The van der Waals surface area contributed by atoms with Gasteiger partial charge in [0.1, 0.15) is 11.9 Å². The summed E-state index contributed by atoms with van der Waals surface area (Å²) in [6.07, 6.45) is 4.03. The Bertz CT molecular complexity index is 521. The van der Waals surface area contributed by atoms with Crippen molar-refractivity contribution in [2.75, 3.05) is 5.32 Å². The molecule has 0 aromatic carbocycles. The lowest BCUT2D eigenvalue weighted by Gasteiger charge is -2.21. The SMILES string of the molecule is Cc1cc(C)c(C#N)c(NC2CC3CCC2O3)n1. The zero-order valence-electron chi connectivity index (χ0n) is 10.7. The van der Waals surface area contributed by atoms with Crippen LogP contribution in [-0.4, -0.2) is 23.2 Å². The van der Waals surface area contributed by atoms with Crippen LogP contribution in [-0.2, 0) is 4.74 Å². The Morgan fingerprint density at radius 1 is 1.44 bits per heavy atom. The van der Waals surface area contributed by atoms with Crippen LogP contribution in [0.25, 0.3) is 0 Å². The molecule has 0 aliphatic carbocycles. The molecule has 3 rings (SSSR count). The Labute approximate surface area is 107 Å². The van der Waals surface area contributed by atoms with E-state index in [4.69, 9.17) is 4.74 Å². The van der Waals surface area contributed by atoms with Crippen molar-refractivity contribution < 1.29 is 4.74 Å². The van der Waals surface area contributed by atoms with Crippen LogP contribution in [0.3, 0.4) is 0 Å². The van der Waals surface area contributed by atoms with Gasteiger partial charge in [0.05, 0.1) is 23.8 Å². The minimum atomic E-state index is 0.296. The van der Waals surface area contributed by atoms with Crippen molar-refractivity contribution in [3.63, 3.8) is 0 Å². The third kappa shape index (κ3) is 1.85. The molecule has 4 heteroatoms. The third-order valence-corrected chi connectivity index (χ3v) is 3.88. The van der Waals surface area contributed by atoms with Gasteiger partial charge in [0.2, 0.25) is 0 Å². The third-order valence-electron chi connectivity index (χ3n) is 3.88. The van der Waals surface area contributed by atoms with Gasteiger partial charge >= 0.3 is 0 Å². The Hall–Kier alpha value is -1.60. The fraction of sp³-hybridized carbons (Fsp3) is 0.571. The molecule has 2 aliphatic heterocycles. The van der Waals surface area contributed by atoms with Crippen LogP contribution in [0.4, 0.5) is 5.82 Å². The number of hydrogen-bond donors (Lipinski definition) is 1. The van der Waals surface area contributed by atoms with Crippen LogP contribution in [0.1, 0.15) is 36.1 Å². The number of hydrogen-bond acceptors (Lipinski definition) is 4. The molecular weight excluding hydrogens is 226 g/mol. The molecule has 2 fully saturated rings. The molecular formula is C14H17N3O. The molecule has 3 heterocycles. The van der Waals surface area contributed by atoms with E-state index in [1.807, 2.05) is 19.9 Å². The second-order valence-corrected chi connectivity index (χ2v) is 5.28. The summed E-state index contributed by atoms with van der Waals surface area (Å²) in [5.74, 6) is 0.719. The number of aromatic nitrogens is 1. The lowest BCUT2D eigenvalue weighted by atomic mass is 9.95. The molecule has 0 amide bonds. The molecule has 0 radical (unpaired) electrons. The molecule has 94 valence electrons. The van der Waals surface area contributed by atoms with E-state index in [0.717, 1.165) is 29.9 Å². The second-order valence-electron chi connectivity index (χ2n) is 5.28. The lowest BCUT2D eigenvalue weighted by Crippen LogP contribution is -2.31. The molecule has 3 unspecified atom stereocenters. The largest absolute Gasteiger partial charge is 0.373 e. The topological polar surface area (TPSA) is 57.9 Å². The van der Waals surface area contributed by atoms with Gasteiger partial charge < -0.3 is 10.1 Å². The van der Waals surface area contributed by atoms with E-state index < -0.39 is 0 Å². The standard InChI is InChI=1S/C14H17N3O/c1-8-5-9(2)16-14(11(8)7-15)17-12-6-10-3-4-13(12)18-10/h5,10,12-13H,3-4,6H2,1-2H3,(H,16,17). The highest BCUT2D eigenvalue weighted by Crippen LogP contribution is 2.36. The highest BCUT2D eigenvalue weighted by atomic mass is 16.5.